The minimum Gasteiger partial charge on any atom is -0.479 e. The van der Waals surface area contributed by atoms with E-state index in [1.165, 1.54) is 43.5 Å². The molecule has 0 unspecified atom stereocenters. The smallest absolute Gasteiger partial charge is 0.337 e. The molecule has 2 amide bonds. The van der Waals surface area contributed by atoms with E-state index in [4.69, 9.17) is 16.0 Å². The number of nitrogens with one attached hydrogen (secondary N) is 2. The number of halogens is 2. The Hall–Kier alpha value is -2.54. The van der Waals surface area contributed by atoms with Gasteiger partial charge in [0.25, 0.3) is 0 Å². The zero-order valence-electron chi connectivity index (χ0n) is 12.1. The van der Waals surface area contributed by atoms with Crippen LogP contribution in [0.3, 0.4) is 0 Å². The highest BCUT2D eigenvalue weighted by Gasteiger charge is 2.39. The summed E-state index contributed by atoms with van der Waals surface area (Å²) >= 11 is 5.86. The van der Waals surface area contributed by atoms with Crippen molar-refractivity contribution >= 4 is 23.6 Å². The molecule has 23 heavy (non-hydrogen) atoms. The summed E-state index contributed by atoms with van der Waals surface area (Å²) in [6.45, 7) is 1.09. The molecule has 0 saturated carbocycles. The van der Waals surface area contributed by atoms with Crippen LogP contribution in [0.2, 0.25) is 5.02 Å². The molecular formula is C15H14ClFN2O4. The lowest BCUT2D eigenvalue weighted by molar-refractivity contribution is -0.144. The normalized spacial score (nSPS) is 13.2. The van der Waals surface area contributed by atoms with E-state index in [2.05, 4.69) is 10.6 Å². The van der Waals surface area contributed by atoms with Crippen molar-refractivity contribution in [3.05, 3.63) is 58.8 Å². The maximum absolute atomic E-state index is 13.6. The molecule has 0 bridgehead atoms. The van der Waals surface area contributed by atoms with Crippen LogP contribution >= 0.6 is 11.6 Å². The molecule has 0 saturated heterocycles. The van der Waals surface area contributed by atoms with E-state index in [1.54, 1.807) is 0 Å². The summed E-state index contributed by atoms with van der Waals surface area (Å²) in [6, 6.07) is 6.29. The first-order valence-corrected chi connectivity index (χ1v) is 6.98. The third-order valence-electron chi connectivity index (χ3n) is 3.29. The second-order valence-electron chi connectivity index (χ2n) is 4.92. The fourth-order valence-corrected chi connectivity index (χ4v) is 2.15. The first-order valence-electron chi connectivity index (χ1n) is 6.61. The average Bonchev–Trinajstić information content (AvgIpc) is 3.01. The molecule has 1 aromatic carbocycles. The Morgan fingerprint density at radius 3 is 2.65 bits per heavy atom. The van der Waals surface area contributed by atoms with Crippen LogP contribution in [-0.2, 0) is 16.9 Å². The lowest BCUT2D eigenvalue weighted by atomic mass is 9.99. The largest absolute Gasteiger partial charge is 0.479 e. The molecule has 1 aromatic heterocycles. The molecule has 3 N–H and O–H groups in total. The van der Waals surface area contributed by atoms with Gasteiger partial charge in [0.05, 0.1) is 6.26 Å². The number of hydrogen-bond acceptors (Lipinski definition) is 3. The van der Waals surface area contributed by atoms with E-state index < -0.39 is 23.4 Å². The number of aliphatic carboxylic acids is 1. The predicted molar refractivity (Wildman–Crippen MR) is 80.5 cm³/mol. The van der Waals surface area contributed by atoms with Crippen molar-refractivity contribution in [2.24, 2.45) is 0 Å². The number of furan rings is 1. The van der Waals surface area contributed by atoms with Crippen LogP contribution in [0.4, 0.5) is 9.18 Å². The fraction of sp³-hybridized carbons (Fsp3) is 0.200. The van der Waals surface area contributed by atoms with Gasteiger partial charge in [-0.1, -0.05) is 17.7 Å². The molecule has 2 aromatic rings. The number of urea groups is 1. The number of carbonyl (C=O) groups excluding carboxylic acids is 1. The molecule has 8 heteroatoms. The standard InChI is InChI=1S/C15H14ClFN2O4/c1-15(13(20)21,12-6-3-7-23-12)19-14(22)18-8-9-10(16)4-2-5-11(9)17/h2-7H,8H2,1H3,(H,20,21)(H2,18,19,22)/t15-/m1/s1. The lowest BCUT2D eigenvalue weighted by Gasteiger charge is -2.24. The predicted octanol–water partition coefficient (Wildman–Crippen LogP) is 2.87. The Bertz CT molecular complexity index is 700. The summed E-state index contributed by atoms with van der Waals surface area (Å²) in [5.74, 6) is -1.81. The second-order valence-corrected chi connectivity index (χ2v) is 5.32. The highest BCUT2D eigenvalue weighted by molar-refractivity contribution is 6.31. The van der Waals surface area contributed by atoms with Gasteiger partial charge >= 0.3 is 12.0 Å². The fourth-order valence-electron chi connectivity index (χ4n) is 1.92. The minimum atomic E-state index is -1.76. The zero-order valence-corrected chi connectivity index (χ0v) is 12.9. The van der Waals surface area contributed by atoms with Gasteiger partial charge in [-0.25, -0.2) is 14.0 Å². The summed E-state index contributed by atoms with van der Waals surface area (Å²) in [6.07, 6.45) is 1.30. The van der Waals surface area contributed by atoms with E-state index in [9.17, 15) is 19.1 Å². The van der Waals surface area contributed by atoms with Crippen molar-refractivity contribution in [1.82, 2.24) is 10.6 Å². The summed E-state index contributed by atoms with van der Waals surface area (Å²) in [4.78, 5) is 23.4. The van der Waals surface area contributed by atoms with Crippen LogP contribution in [0.25, 0.3) is 0 Å². The Morgan fingerprint density at radius 1 is 1.35 bits per heavy atom. The quantitative estimate of drug-likeness (QED) is 0.780. The van der Waals surface area contributed by atoms with Crippen LogP contribution in [0.5, 0.6) is 0 Å². The van der Waals surface area contributed by atoms with Crippen molar-refractivity contribution in [1.29, 1.82) is 0 Å². The third kappa shape index (κ3) is 3.62. The van der Waals surface area contributed by atoms with Gasteiger partial charge in [-0.3, -0.25) is 0 Å². The number of carboxylic acids is 1. The summed E-state index contributed by atoms with van der Waals surface area (Å²) in [5, 5.41) is 14.2. The number of benzene rings is 1. The van der Waals surface area contributed by atoms with E-state index in [1.807, 2.05) is 0 Å². The van der Waals surface area contributed by atoms with Gasteiger partial charge in [-0.05, 0) is 31.2 Å². The minimum absolute atomic E-state index is 0.0593. The molecule has 6 nitrogen and oxygen atoms in total. The van der Waals surface area contributed by atoms with Crippen LogP contribution in [0.1, 0.15) is 18.2 Å². The van der Waals surface area contributed by atoms with E-state index in [-0.39, 0.29) is 22.9 Å². The summed E-state index contributed by atoms with van der Waals surface area (Å²) in [7, 11) is 0. The Balaban J connectivity index is 2.08. The summed E-state index contributed by atoms with van der Waals surface area (Å²) in [5.41, 5.74) is -1.65. The highest BCUT2D eigenvalue weighted by Crippen LogP contribution is 2.22. The monoisotopic (exact) mass is 340 g/mol. The molecule has 122 valence electrons. The van der Waals surface area contributed by atoms with Crippen LogP contribution < -0.4 is 10.6 Å². The van der Waals surface area contributed by atoms with Crippen LogP contribution in [-0.4, -0.2) is 17.1 Å². The van der Waals surface area contributed by atoms with Gasteiger partial charge in [0, 0.05) is 17.1 Å². The maximum Gasteiger partial charge on any atom is 0.337 e. The maximum atomic E-state index is 13.6. The van der Waals surface area contributed by atoms with Gasteiger partial charge in [0.2, 0.25) is 0 Å². The number of carboxylic acid groups (broad SMARTS) is 1. The zero-order chi connectivity index (χ0) is 17.0. The van der Waals surface area contributed by atoms with Gasteiger partial charge in [-0.2, -0.15) is 0 Å². The second kappa shape index (κ2) is 6.70. The average molecular weight is 341 g/mol. The van der Waals surface area contributed by atoms with Gasteiger partial charge in [-0.15, -0.1) is 0 Å². The van der Waals surface area contributed by atoms with Crippen LogP contribution in [0, 0.1) is 5.82 Å². The third-order valence-corrected chi connectivity index (χ3v) is 3.65. The first kappa shape index (κ1) is 16.8. The molecule has 0 aliphatic rings. The number of rotatable bonds is 5. The van der Waals surface area contributed by atoms with Crippen molar-refractivity contribution < 1.29 is 23.5 Å². The topological polar surface area (TPSA) is 91.6 Å². The highest BCUT2D eigenvalue weighted by atomic mass is 35.5. The Morgan fingerprint density at radius 2 is 2.09 bits per heavy atom. The van der Waals surface area contributed by atoms with Crippen molar-refractivity contribution in [2.75, 3.05) is 0 Å². The molecule has 1 heterocycles. The molecule has 0 aliphatic carbocycles. The van der Waals surface area contributed by atoms with Crippen LogP contribution in [0.15, 0.2) is 41.0 Å². The van der Waals surface area contributed by atoms with Gasteiger partial charge < -0.3 is 20.2 Å². The molecular weight excluding hydrogens is 327 g/mol. The summed E-state index contributed by atoms with van der Waals surface area (Å²) < 4.78 is 18.7. The molecule has 1 atom stereocenters. The Kier molecular flexibility index (Phi) is 4.90. The molecule has 0 fully saturated rings. The Labute approximate surface area is 136 Å². The van der Waals surface area contributed by atoms with Crippen molar-refractivity contribution in [2.45, 2.75) is 19.0 Å². The molecule has 0 radical (unpaired) electrons. The number of amides is 2. The number of hydrogen-bond donors (Lipinski definition) is 3. The van der Waals surface area contributed by atoms with E-state index >= 15 is 0 Å². The first-order chi connectivity index (χ1) is 10.8. The SMILES string of the molecule is C[C@](NC(=O)NCc1c(F)cccc1Cl)(C(=O)O)c1ccco1. The van der Waals surface area contributed by atoms with E-state index in [0.717, 1.165) is 0 Å². The van der Waals surface area contributed by atoms with E-state index in [0.29, 0.717) is 0 Å². The lowest BCUT2D eigenvalue weighted by Crippen LogP contribution is -2.52. The van der Waals surface area contributed by atoms with Gasteiger partial charge in [0.1, 0.15) is 11.6 Å². The van der Waals surface area contributed by atoms with Crippen molar-refractivity contribution in [3.63, 3.8) is 0 Å². The molecule has 0 aliphatic heterocycles. The van der Waals surface area contributed by atoms with Crippen molar-refractivity contribution in [3.8, 4) is 0 Å². The number of carbonyl (C=O) groups is 2. The van der Waals surface area contributed by atoms with Gasteiger partial charge in [0.15, 0.2) is 5.54 Å². The molecule has 2 rings (SSSR count). The molecule has 0 spiro atoms.